The fourth-order valence-corrected chi connectivity index (χ4v) is 10.6. The number of pyridine rings is 2. The fourth-order valence-electron chi connectivity index (χ4n) is 10.6. The van der Waals surface area contributed by atoms with Gasteiger partial charge in [-0.15, -0.1) is 0 Å². The van der Waals surface area contributed by atoms with Crippen molar-refractivity contribution in [3.05, 3.63) is 240 Å². The Kier molecular flexibility index (Phi) is 12.4. The van der Waals surface area contributed by atoms with Crippen LogP contribution in [0.3, 0.4) is 0 Å². The van der Waals surface area contributed by atoms with E-state index in [9.17, 15) is 0 Å². The molecule has 1 aliphatic heterocycles. The summed E-state index contributed by atoms with van der Waals surface area (Å²) in [6.07, 6.45) is 14.6. The zero-order chi connectivity index (χ0) is 46.7. The summed E-state index contributed by atoms with van der Waals surface area (Å²) in [5.74, 6) is 0. The Hall–Kier alpha value is -7.88. The molecule has 332 valence electrons. The fraction of sp³-hybridized carbons (Fsp3) is 0.138. The number of benzene rings is 7. The Balaban J connectivity index is 0.00000131. The minimum Gasteiger partial charge on any atom is -0.311 e. The first kappa shape index (κ1) is 44.0. The van der Waals surface area contributed by atoms with Crippen LogP contribution in [0.15, 0.2) is 201 Å². The van der Waals surface area contributed by atoms with Crippen molar-refractivity contribution in [2.45, 2.75) is 60.3 Å². The number of rotatable bonds is 6. The third-order valence-corrected chi connectivity index (χ3v) is 13.6. The molecular formula is C65H57N3. The predicted molar refractivity (Wildman–Crippen MR) is 292 cm³/mol. The molecule has 68 heavy (non-hydrogen) atoms. The van der Waals surface area contributed by atoms with Crippen LogP contribution in [-0.4, -0.2) is 14.9 Å². The van der Waals surface area contributed by atoms with E-state index >= 15 is 0 Å². The summed E-state index contributed by atoms with van der Waals surface area (Å²) < 4.78 is 0. The van der Waals surface area contributed by atoms with Gasteiger partial charge in [0.05, 0.1) is 17.1 Å². The monoisotopic (exact) mass is 879 g/mol. The van der Waals surface area contributed by atoms with Crippen molar-refractivity contribution < 1.29 is 0 Å². The maximum Gasteiger partial charge on any atom is 0.0873 e. The smallest absolute Gasteiger partial charge is 0.0873 e. The molecule has 0 N–H and O–H groups in total. The summed E-state index contributed by atoms with van der Waals surface area (Å²) >= 11 is 0. The minimum absolute atomic E-state index is 0.837. The number of aromatic nitrogens is 2. The number of aryl methyl sites for hydroxylation is 1. The van der Waals surface area contributed by atoms with E-state index in [1.54, 1.807) is 0 Å². The number of allylic oxidation sites excluding steroid dienone is 6. The summed E-state index contributed by atoms with van der Waals surface area (Å²) in [6.45, 7) is 14.9. The normalized spacial score (nSPS) is 14.2. The summed E-state index contributed by atoms with van der Waals surface area (Å²) in [5.41, 5.74) is 20.0. The topological polar surface area (TPSA) is 29.0 Å². The molecule has 3 aliphatic rings. The summed E-state index contributed by atoms with van der Waals surface area (Å²) in [6, 6.07) is 60.0. The molecule has 0 saturated carbocycles. The zero-order valence-corrected chi connectivity index (χ0v) is 39.9. The molecule has 0 bridgehead atoms. The Labute approximate surface area is 401 Å². The van der Waals surface area contributed by atoms with E-state index in [0.717, 1.165) is 59.6 Å². The highest BCUT2D eigenvalue weighted by Gasteiger charge is 2.34. The van der Waals surface area contributed by atoms with E-state index in [4.69, 9.17) is 16.5 Å². The average molecular weight is 880 g/mol. The maximum absolute atomic E-state index is 4.93. The lowest BCUT2D eigenvalue weighted by Crippen LogP contribution is -2.27. The molecule has 0 spiro atoms. The second-order valence-electron chi connectivity index (χ2n) is 17.2. The predicted octanol–water partition coefficient (Wildman–Crippen LogP) is 17.7. The van der Waals surface area contributed by atoms with Crippen LogP contribution in [0.5, 0.6) is 0 Å². The van der Waals surface area contributed by atoms with Gasteiger partial charge in [-0.25, -0.2) is 0 Å². The van der Waals surface area contributed by atoms with Crippen LogP contribution >= 0.6 is 0 Å². The van der Waals surface area contributed by atoms with Crippen molar-refractivity contribution in [3.8, 4) is 22.3 Å². The van der Waals surface area contributed by atoms with Gasteiger partial charge in [-0.2, -0.15) is 0 Å². The molecule has 0 atom stereocenters. The molecule has 9 aromatic rings. The number of nitrogens with zero attached hydrogens (tertiary/aromatic N) is 3. The van der Waals surface area contributed by atoms with E-state index in [1.807, 2.05) is 58.3 Å². The van der Waals surface area contributed by atoms with E-state index in [0.29, 0.717) is 0 Å². The molecule has 2 aromatic heterocycles. The van der Waals surface area contributed by atoms with Crippen molar-refractivity contribution >= 4 is 66.5 Å². The molecule has 3 heteroatoms. The Bertz CT molecular complexity index is 3510. The third-order valence-electron chi connectivity index (χ3n) is 13.6. The van der Waals surface area contributed by atoms with Gasteiger partial charge in [-0.05, 0) is 157 Å². The van der Waals surface area contributed by atoms with Crippen LogP contribution in [0.1, 0.15) is 93.1 Å². The maximum atomic E-state index is 4.93. The standard InChI is InChI=1S/C61H45N3.2C2H6/c1-39(56-23-11-13-33-62-56)61(57-24-12-14-34-63-57)64-40(2)49-19-7-8-20-50(49)54-37-46(30-32-58(54)64)45-29-31-53-55(38-45)60(48-28-26-42-16-4-6-18-44(42)36-48)52-22-10-9-21-51(52)59(53)47-27-25-41-15-3-5-17-43(41)35-47;2*1-2/h3-5,7-17,19-29,31,33-38H,2,6,18,30,32H2,1H3;2*1-2H3/b61-39+;;. The number of fused-ring (bicyclic) bond motifs is 6. The Morgan fingerprint density at radius 1 is 0.529 bits per heavy atom. The van der Waals surface area contributed by atoms with E-state index in [2.05, 4.69) is 176 Å². The highest BCUT2D eigenvalue weighted by atomic mass is 15.2. The second-order valence-corrected chi connectivity index (χ2v) is 17.2. The molecule has 0 unspecified atom stereocenters. The first-order valence-corrected chi connectivity index (χ1v) is 24.4. The third kappa shape index (κ3) is 7.78. The molecular weight excluding hydrogens is 823 g/mol. The van der Waals surface area contributed by atoms with Gasteiger partial charge >= 0.3 is 0 Å². The minimum atomic E-state index is 0.837. The van der Waals surface area contributed by atoms with Crippen LogP contribution in [0.4, 0.5) is 0 Å². The molecule has 0 radical (unpaired) electrons. The van der Waals surface area contributed by atoms with Gasteiger partial charge < -0.3 is 4.90 Å². The summed E-state index contributed by atoms with van der Waals surface area (Å²) in [4.78, 5) is 12.1. The molecule has 7 aromatic carbocycles. The van der Waals surface area contributed by atoms with Gasteiger partial charge in [0.25, 0.3) is 0 Å². The highest BCUT2D eigenvalue weighted by Crippen LogP contribution is 2.51. The van der Waals surface area contributed by atoms with E-state index in [1.165, 1.54) is 93.7 Å². The Morgan fingerprint density at radius 2 is 1.15 bits per heavy atom. The summed E-state index contributed by atoms with van der Waals surface area (Å²) in [5, 5.41) is 7.59. The molecule has 0 fully saturated rings. The number of hydrogen-bond acceptors (Lipinski definition) is 3. The number of hydrogen-bond donors (Lipinski definition) is 0. The summed E-state index contributed by atoms with van der Waals surface area (Å²) in [7, 11) is 0. The van der Waals surface area contributed by atoms with Crippen molar-refractivity contribution in [1.29, 1.82) is 0 Å². The molecule has 3 nitrogen and oxygen atoms in total. The van der Waals surface area contributed by atoms with Crippen molar-refractivity contribution in [2.75, 3.05) is 0 Å². The van der Waals surface area contributed by atoms with Gasteiger partial charge in [0.15, 0.2) is 0 Å². The van der Waals surface area contributed by atoms with Gasteiger partial charge in [0.1, 0.15) is 0 Å². The highest BCUT2D eigenvalue weighted by molar-refractivity contribution is 6.22. The first-order valence-electron chi connectivity index (χ1n) is 24.4. The zero-order valence-electron chi connectivity index (χ0n) is 39.9. The lowest BCUT2D eigenvalue weighted by Gasteiger charge is -2.40. The molecule has 3 heterocycles. The SMILES string of the molecule is C=C1c2ccccc2C2=C(CCC(c3ccc4c(-c5ccc6ccccc6c5)c5ccccc5c(-c5ccc6c(c5)CCC=C6)c4c3)=C2)N1/C(=C(\C)c1ccccn1)c1ccccn1.CC.CC. The second kappa shape index (κ2) is 19.1. The van der Waals surface area contributed by atoms with Gasteiger partial charge in [-0.1, -0.05) is 174 Å². The van der Waals surface area contributed by atoms with E-state index < -0.39 is 0 Å². The molecule has 2 aliphatic carbocycles. The van der Waals surface area contributed by atoms with Crippen LogP contribution in [0.25, 0.3) is 88.8 Å². The van der Waals surface area contributed by atoms with Crippen molar-refractivity contribution in [1.82, 2.24) is 14.9 Å². The van der Waals surface area contributed by atoms with Crippen molar-refractivity contribution in [3.63, 3.8) is 0 Å². The average Bonchev–Trinajstić information content (AvgIpc) is 3.42. The van der Waals surface area contributed by atoms with Crippen molar-refractivity contribution in [2.24, 2.45) is 0 Å². The molecule has 0 saturated heterocycles. The lowest BCUT2D eigenvalue weighted by molar-refractivity contribution is 0.633. The first-order chi connectivity index (χ1) is 33.6. The molecule has 0 amide bonds. The van der Waals surface area contributed by atoms with Gasteiger partial charge in [0.2, 0.25) is 0 Å². The quantitative estimate of drug-likeness (QED) is 0.156. The molecule has 12 rings (SSSR count). The van der Waals surface area contributed by atoms with Gasteiger partial charge in [0, 0.05) is 40.5 Å². The van der Waals surface area contributed by atoms with Crippen LogP contribution in [-0.2, 0) is 6.42 Å². The van der Waals surface area contributed by atoms with Crippen LogP contribution in [0, 0.1) is 0 Å². The van der Waals surface area contributed by atoms with E-state index in [-0.39, 0.29) is 0 Å². The largest absolute Gasteiger partial charge is 0.311 e. The van der Waals surface area contributed by atoms with Crippen LogP contribution < -0.4 is 0 Å². The Morgan fingerprint density at radius 3 is 1.90 bits per heavy atom. The van der Waals surface area contributed by atoms with Gasteiger partial charge in [-0.3, -0.25) is 9.97 Å². The lowest BCUT2D eigenvalue weighted by atomic mass is 9.80. The van der Waals surface area contributed by atoms with Crippen LogP contribution in [0.2, 0.25) is 0 Å².